The third-order valence-corrected chi connectivity index (χ3v) is 6.65. The van der Waals surface area contributed by atoms with Gasteiger partial charge >= 0.3 is 5.97 Å². The molecule has 0 aliphatic carbocycles. The second-order valence-corrected chi connectivity index (χ2v) is 9.52. The summed E-state index contributed by atoms with van der Waals surface area (Å²) in [6.07, 6.45) is 1.42. The number of benzene rings is 2. The second kappa shape index (κ2) is 11.2. The number of aliphatic carboxylic acids is 1. The first kappa shape index (κ1) is 24.7. The minimum Gasteiger partial charge on any atom is -0.482 e. The molecular weight excluding hydrogens is 468 g/mol. The van der Waals surface area contributed by atoms with E-state index in [2.05, 4.69) is 10.3 Å². The number of sulfone groups is 1. The molecule has 2 aromatic carbocycles. The number of hydrogen-bond donors (Lipinski definition) is 3. The Morgan fingerprint density at radius 3 is 2.52 bits per heavy atom. The summed E-state index contributed by atoms with van der Waals surface area (Å²) in [6.45, 7) is 0.416. The number of carboxylic acid groups (broad SMARTS) is 1. The molecule has 174 valence electrons. The van der Waals surface area contributed by atoms with Crippen LogP contribution >= 0.6 is 11.6 Å². The highest BCUT2D eigenvalue weighted by molar-refractivity contribution is 7.91. The lowest BCUT2D eigenvalue weighted by molar-refractivity contribution is -0.139. The Bertz CT molecular complexity index is 1180. The summed E-state index contributed by atoms with van der Waals surface area (Å²) in [5.41, 5.74) is 1.57. The summed E-state index contributed by atoms with van der Waals surface area (Å²) in [6, 6.07) is 15.7. The van der Waals surface area contributed by atoms with Crippen molar-refractivity contribution in [2.45, 2.75) is 22.4 Å². The van der Waals surface area contributed by atoms with Gasteiger partial charge in [0.05, 0.1) is 11.0 Å². The van der Waals surface area contributed by atoms with E-state index >= 15 is 0 Å². The van der Waals surface area contributed by atoms with Crippen LogP contribution in [0.25, 0.3) is 0 Å². The number of nitrogens with one attached hydrogen (secondary N) is 1. The molecule has 8 nitrogen and oxygen atoms in total. The van der Waals surface area contributed by atoms with Gasteiger partial charge in [-0.15, -0.1) is 0 Å². The molecule has 0 aliphatic rings. The van der Waals surface area contributed by atoms with Gasteiger partial charge in [-0.2, -0.15) is 0 Å². The molecule has 1 atom stereocenters. The molecule has 1 aromatic heterocycles. The summed E-state index contributed by atoms with van der Waals surface area (Å²) in [7, 11) is -3.82. The maximum absolute atomic E-state index is 12.8. The number of carboxylic acids is 1. The van der Waals surface area contributed by atoms with Crippen LogP contribution < -0.4 is 10.1 Å². The van der Waals surface area contributed by atoms with Crippen molar-refractivity contribution in [3.05, 3.63) is 83.0 Å². The van der Waals surface area contributed by atoms with E-state index in [1.807, 2.05) is 0 Å². The SMILES string of the molecule is O=C(O)COc1ccc(S(=O)(=O)c2ccc(CCNC[C@H](O)c3cccc(Cl)c3)cn2)cc1. The number of halogens is 1. The predicted octanol–water partition coefficient (Wildman–Crippen LogP) is 2.90. The zero-order valence-electron chi connectivity index (χ0n) is 17.5. The van der Waals surface area contributed by atoms with Gasteiger partial charge in [-0.05, 0) is 66.6 Å². The molecule has 0 saturated carbocycles. The van der Waals surface area contributed by atoms with Crippen LogP contribution in [0.4, 0.5) is 0 Å². The number of nitrogens with zero attached hydrogens (tertiary/aromatic N) is 1. The predicted molar refractivity (Wildman–Crippen MR) is 122 cm³/mol. The summed E-state index contributed by atoms with van der Waals surface area (Å²) in [5, 5.41) is 22.5. The molecule has 0 saturated heterocycles. The number of aliphatic hydroxyl groups excluding tert-OH is 1. The number of ether oxygens (including phenoxy) is 1. The Labute approximate surface area is 196 Å². The fourth-order valence-corrected chi connectivity index (χ4v) is 4.38. The topological polar surface area (TPSA) is 126 Å². The van der Waals surface area contributed by atoms with E-state index in [4.69, 9.17) is 21.4 Å². The molecule has 3 aromatic rings. The third kappa shape index (κ3) is 7.00. The summed E-state index contributed by atoms with van der Waals surface area (Å²) in [4.78, 5) is 14.7. The molecule has 0 bridgehead atoms. The lowest BCUT2D eigenvalue weighted by Crippen LogP contribution is -2.23. The summed E-state index contributed by atoms with van der Waals surface area (Å²) in [5.74, 6) is -0.865. The van der Waals surface area contributed by atoms with Gasteiger partial charge in [-0.25, -0.2) is 18.2 Å². The molecule has 3 rings (SSSR count). The molecule has 10 heteroatoms. The average Bonchev–Trinajstić information content (AvgIpc) is 2.81. The lowest BCUT2D eigenvalue weighted by atomic mass is 10.1. The van der Waals surface area contributed by atoms with Gasteiger partial charge in [0.25, 0.3) is 0 Å². The normalized spacial score (nSPS) is 12.3. The van der Waals surface area contributed by atoms with Crippen molar-refractivity contribution in [2.75, 3.05) is 19.7 Å². The van der Waals surface area contributed by atoms with Crippen LogP contribution in [0.1, 0.15) is 17.2 Å². The first-order chi connectivity index (χ1) is 15.8. The quantitative estimate of drug-likeness (QED) is 0.350. The minimum atomic E-state index is -3.82. The van der Waals surface area contributed by atoms with E-state index in [1.165, 1.54) is 36.5 Å². The van der Waals surface area contributed by atoms with E-state index in [1.54, 1.807) is 30.3 Å². The van der Waals surface area contributed by atoms with Gasteiger partial charge in [0.2, 0.25) is 9.84 Å². The van der Waals surface area contributed by atoms with E-state index in [9.17, 15) is 18.3 Å². The Balaban J connectivity index is 1.53. The lowest BCUT2D eigenvalue weighted by Gasteiger charge is -2.12. The molecule has 0 spiro atoms. The van der Waals surface area contributed by atoms with Gasteiger partial charge in [0.15, 0.2) is 11.6 Å². The fourth-order valence-electron chi connectivity index (χ4n) is 3.00. The minimum absolute atomic E-state index is 0.0297. The number of rotatable bonds is 11. The summed E-state index contributed by atoms with van der Waals surface area (Å²) >= 11 is 5.94. The molecule has 3 N–H and O–H groups in total. The van der Waals surface area contributed by atoms with Crippen molar-refractivity contribution in [1.29, 1.82) is 0 Å². The van der Waals surface area contributed by atoms with Crippen LogP contribution in [0.2, 0.25) is 5.02 Å². The van der Waals surface area contributed by atoms with Crippen molar-refractivity contribution >= 4 is 27.4 Å². The average molecular weight is 491 g/mol. The molecule has 0 aliphatic heterocycles. The van der Waals surface area contributed by atoms with Crippen LogP contribution in [0.15, 0.2) is 76.8 Å². The van der Waals surface area contributed by atoms with Crippen molar-refractivity contribution < 1.29 is 28.2 Å². The number of aromatic nitrogens is 1. The second-order valence-electron chi connectivity index (χ2n) is 7.19. The van der Waals surface area contributed by atoms with Gasteiger partial charge in [0, 0.05) is 17.8 Å². The van der Waals surface area contributed by atoms with Gasteiger partial charge < -0.3 is 20.3 Å². The largest absolute Gasteiger partial charge is 0.482 e. The third-order valence-electron chi connectivity index (χ3n) is 4.73. The number of pyridine rings is 1. The van der Waals surface area contributed by atoms with E-state index in [-0.39, 0.29) is 15.7 Å². The number of carbonyl (C=O) groups is 1. The molecule has 0 unspecified atom stereocenters. The van der Waals surface area contributed by atoms with Crippen molar-refractivity contribution in [2.24, 2.45) is 0 Å². The smallest absolute Gasteiger partial charge is 0.341 e. The molecule has 0 amide bonds. The number of aliphatic hydroxyl groups is 1. The Hall–Kier alpha value is -2.98. The van der Waals surface area contributed by atoms with Gasteiger partial charge in [-0.3, -0.25) is 0 Å². The molecule has 1 heterocycles. The van der Waals surface area contributed by atoms with Crippen LogP contribution in [0, 0.1) is 0 Å². The van der Waals surface area contributed by atoms with Gasteiger partial charge in [0.1, 0.15) is 5.75 Å². The van der Waals surface area contributed by atoms with Crippen LogP contribution in [-0.4, -0.2) is 49.3 Å². The monoisotopic (exact) mass is 490 g/mol. The van der Waals surface area contributed by atoms with E-state index in [0.717, 1.165) is 11.1 Å². The molecule has 0 fully saturated rings. The highest BCUT2D eigenvalue weighted by Crippen LogP contribution is 2.22. The summed E-state index contributed by atoms with van der Waals surface area (Å²) < 4.78 is 30.5. The van der Waals surface area contributed by atoms with E-state index in [0.29, 0.717) is 24.5 Å². The highest BCUT2D eigenvalue weighted by atomic mass is 35.5. The van der Waals surface area contributed by atoms with Crippen molar-refractivity contribution in [3.8, 4) is 5.75 Å². The van der Waals surface area contributed by atoms with Crippen molar-refractivity contribution in [1.82, 2.24) is 10.3 Å². The van der Waals surface area contributed by atoms with Crippen molar-refractivity contribution in [3.63, 3.8) is 0 Å². The molecule has 0 radical (unpaired) electrons. The first-order valence-electron chi connectivity index (χ1n) is 10.0. The molecular formula is C23H23ClN2O6S. The maximum atomic E-state index is 12.8. The maximum Gasteiger partial charge on any atom is 0.341 e. The standard InChI is InChI=1S/C23H23ClN2O6S/c24-18-3-1-2-17(12-18)21(27)14-25-11-10-16-4-9-22(26-13-16)33(30,31)20-7-5-19(6-8-20)32-15-23(28)29/h1-9,12-13,21,25,27H,10-11,14-15H2,(H,28,29)/t21-/m0/s1. The zero-order valence-corrected chi connectivity index (χ0v) is 19.1. The molecule has 33 heavy (non-hydrogen) atoms. The fraction of sp³-hybridized carbons (Fsp3) is 0.217. The van der Waals surface area contributed by atoms with Crippen LogP contribution in [0.3, 0.4) is 0 Å². The number of hydrogen-bond acceptors (Lipinski definition) is 7. The van der Waals surface area contributed by atoms with Crippen LogP contribution in [-0.2, 0) is 21.1 Å². The Morgan fingerprint density at radius 2 is 1.88 bits per heavy atom. The van der Waals surface area contributed by atoms with Gasteiger partial charge in [-0.1, -0.05) is 29.8 Å². The van der Waals surface area contributed by atoms with Crippen LogP contribution in [0.5, 0.6) is 5.75 Å². The first-order valence-corrected chi connectivity index (χ1v) is 11.9. The zero-order chi connectivity index (χ0) is 23.8. The van der Waals surface area contributed by atoms with E-state index < -0.39 is 28.5 Å². The highest BCUT2D eigenvalue weighted by Gasteiger charge is 2.19. The Kier molecular flexibility index (Phi) is 8.40. The Morgan fingerprint density at radius 1 is 1.12 bits per heavy atom.